The summed E-state index contributed by atoms with van der Waals surface area (Å²) < 4.78 is 5.70. The fourth-order valence-corrected chi connectivity index (χ4v) is 2.29. The highest BCUT2D eigenvalue weighted by atomic mass is 16.5. The van der Waals surface area contributed by atoms with Gasteiger partial charge in [-0.25, -0.2) is 5.48 Å². The van der Waals surface area contributed by atoms with E-state index >= 15 is 0 Å². The van der Waals surface area contributed by atoms with Crippen molar-refractivity contribution in [1.82, 2.24) is 10.4 Å². The summed E-state index contributed by atoms with van der Waals surface area (Å²) in [7, 11) is 0. The molecule has 0 spiro atoms. The lowest BCUT2D eigenvalue weighted by atomic mass is 10.1. The fourth-order valence-electron chi connectivity index (χ4n) is 2.29. The molecule has 2 N–H and O–H groups in total. The van der Waals surface area contributed by atoms with Crippen LogP contribution >= 0.6 is 0 Å². The molecule has 1 aliphatic heterocycles. The maximum atomic E-state index is 12.3. The van der Waals surface area contributed by atoms with Gasteiger partial charge in [0.15, 0.2) is 0 Å². The minimum atomic E-state index is -0.589. The van der Waals surface area contributed by atoms with Crippen LogP contribution in [0.25, 0.3) is 0 Å². The van der Waals surface area contributed by atoms with Crippen LogP contribution in [0.2, 0.25) is 0 Å². The van der Waals surface area contributed by atoms with Crippen LogP contribution in [0.1, 0.15) is 36.7 Å². The minimum Gasteiger partial charge on any atom is -0.491 e. The predicted molar refractivity (Wildman–Crippen MR) is 76.0 cm³/mol. The molecule has 0 radical (unpaired) electrons. The van der Waals surface area contributed by atoms with Gasteiger partial charge in [-0.15, -0.1) is 0 Å². The van der Waals surface area contributed by atoms with Crippen molar-refractivity contribution in [3.63, 3.8) is 0 Å². The summed E-state index contributed by atoms with van der Waals surface area (Å²) in [4.78, 5) is 25.5. The van der Waals surface area contributed by atoms with Crippen molar-refractivity contribution >= 4 is 11.8 Å². The van der Waals surface area contributed by atoms with E-state index in [1.54, 1.807) is 28.6 Å². The van der Waals surface area contributed by atoms with Crippen molar-refractivity contribution in [3.05, 3.63) is 29.3 Å². The van der Waals surface area contributed by atoms with E-state index in [1.807, 2.05) is 20.8 Å². The number of carbonyl (C=O) groups is 2. The SMILES string of the molecule is CC(C)C(=O)N1Cc2ccc(C(=O)NO)cc2OCC1C. The third-order valence-electron chi connectivity index (χ3n) is 3.56. The molecule has 114 valence electrons. The number of benzene rings is 1. The molecule has 0 fully saturated rings. The van der Waals surface area contributed by atoms with Crippen molar-refractivity contribution < 1.29 is 19.5 Å². The third kappa shape index (κ3) is 3.16. The van der Waals surface area contributed by atoms with Crippen molar-refractivity contribution in [2.45, 2.75) is 33.4 Å². The zero-order valence-corrected chi connectivity index (χ0v) is 12.4. The van der Waals surface area contributed by atoms with Gasteiger partial charge in [0.2, 0.25) is 5.91 Å². The second-order valence-electron chi connectivity index (χ2n) is 5.54. The first-order valence-electron chi connectivity index (χ1n) is 6.94. The van der Waals surface area contributed by atoms with Crippen molar-refractivity contribution in [2.75, 3.05) is 6.61 Å². The lowest BCUT2D eigenvalue weighted by molar-refractivity contribution is -0.137. The predicted octanol–water partition coefficient (Wildman–Crippen LogP) is 1.57. The second-order valence-corrected chi connectivity index (χ2v) is 5.54. The van der Waals surface area contributed by atoms with Crippen LogP contribution in [0.5, 0.6) is 5.75 Å². The molecule has 0 saturated carbocycles. The van der Waals surface area contributed by atoms with E-state index in [9.17, 15) is 9.59 Å². The Kier molecular flexibility index (Phi) is 4.47. The molecule has 6 nitrogen and oxygen atoms in total. The smallest absolute Gasteiger partial charge is 0.274 e. The first kappa shape index (κ1) is 15.3. The second kappa shape index (κ2) is 6.13. The molecule has 6 heteroatoms. The molecular weight excluding hydrogens is 272 g/mol. The van der Waals surface area contributed by atoms with Gasteiger partial charge in [-0.1, -0.05) is 19.9 Å². The molecule has 1 heterocycles. The number of hydrogen-bond donors (Lipinski definition) is 2. The molecule has 21 heavy (non-hydrogen) atoms. The van der Waals surface area contributed by atoms with Gasteiger partial charge < -0.3 is 9.64 Å². The zero-order chi connectivity index (χ0) is 15.6. The lowest BCUT2D eigenvalue weighted by Gasteiger charge is -2.28. The first-order chi connectivity index (χ1) is 9.93. The number of hydroxylamine groups is 1. The summed E-state index contributed by atoms with van der Waals surface area (Å²) in [5, 5.41) is 8.67. The average molecular weight is 292 g/mol. The van der Waals surface area contributed by atoms with Crippen LogP contribution in [0.15, 0.2) is 18.2 Å². The standard InChI is InChI=1S/C15H20N2O4/c1-9(2)15(19)17-7-12-5-4-11(14(18)16-20)6-13(12)21-8-10(17)3/h4-6,9-10,20H,7-8H2,1-3H3,(H,16,18). The van der Waals surface area contributed by atoms with Crippen molar-refractivity contribution in [3.8, 4) is 5.75 Å². The summed E-state index contributed by atoms with van der Waals surface area (Å²) in [5.41, 5.74) is 2.76. The highest BCUT2D eigenvalue weighted by Crippen LogP contribution is 2.27. The number of nitrogens with one attached hydrogen (secondary N) is 1. The number of carbonyl (C=O) groups excluding carboxylic acids is 2. The minimum absolute atomic E-state index is 0.0394. The van der Waals surface area contributed by atoms with Crippen LogP contribution in [0.4, 0.5) is 0 Å². The van der Waals surface area contributed by atoms with Crippen LogP contribution in [0.3, 0.4) is 0 Å². The molecule has 0 aromatic heterocycles. The Labute approximate surface area is 123 Å². The van der Waals surface area contributed by atoms with E-state index in [4.69, 9.17) is 9.94 Å². The van der Waals surface area contributed by atoms with Crippen LogP contribution < -0.4 is 10.2 Å². The van der Waals surface area contributed by atoms with E-state index in [-0.39, 0.29) is 17.9 Å². The molecule has 2 rings (SSSR count). The van der Waals surface area contributed by atoms with Crippen molar-refractivity contribution in [2.24, 2.45) is 5.92 Å². The Bertz CT molecular complexity index is 557. The molecule has 1 aromatic carbocycles. The van der Waals surface area contributed by atoms with Gasteiger partial charge in [0.1, 0.15) is 12.4 Å². The number of rotatable bonds is 2. The Morgan fingerprint density at radius 2 is 2.14 bits per heavy atom. The first-order valence-corrected chi connectivity index (χ1v) is 6.94. The fraction of sp³-hybridized carbons (Fsp3) is 0.467. The number of amides is 2. The number of ether oxygens (including phenoxy) is 1. The number of fused-ring (bicyclic) bond motifs is 1. The summed E-state index contributed by atoms with van der Waals surface area (Å²) in [5.74, 6) is -0.0135. The van der Waals surface area contributed by atoms with Crippen molar-refractivity contribution in [1.29, 1.82) is 0 Å². The Hall–Kier alpha value is -2.08. The molecule has 0 saturated heterocycles. The molecular formula is C15H20N2O4. The number of nitrogens with zero attached hydrogens (tertiary/aromatic N) is 1. The molecule has 2 amide bonds. The Morgan fingerprint density at radius 3 is 2.76 bits per heavy atom. The molecule has 1 atom stereocenters. The Balaban J connectivity index is 2.31. The van der Waals surface area contributed by atoms with Crippen LogP contribution in [0, 0.1) is 5.92 Å². The van der Waals surface area contributed by atoms with E-state index in [0.717, 1.165) is 5.56 Å². The van der Waals surface area contributed by atoms with Gasteiger partial charge in [0, 0.05) is 23.6 Å². The highest BCUT2D eigenvalue weighted by molar-refractivity contribution is 5.93. The largest absolute Gasteiger partial charge is 0.491 e. The topological polar surface area (TPSA) is 78.9 Å². The maximum absolute atomic E-state index is 12.3. The van der Waals surface area contributed by atoms with Gasteiger partial charge in [0.05, 0.1) is 6.04 Å². The zero-order valence-electron chi connectivity index (χ0n) is 12.4. The van der Waals surface area contributed by atoms with Gasteiger partial charge in [-0.05, 0) is 19.1 Å². The van der Waals surface area contributed by atoms with Crippen LogP contribution in [-0.2, 0) is 11.3 Å². The molecule has 1 aromatic rings. The number of hydrogen-bond acceptors (Lipinski definition) is 4. The maximum Gasteiger partial charge on any atom is 0.274 e. The van der Waals surface area contributed by atoms with E-state index in [2.05, 4.69) is 0 Å². The average Bonchev–Trinajstić information content (AvgIpc) is 2.64. The monoisotopic (exact) mass is 292 g/mol. The quantitative estimate of drug-likeness (QED) is 0.640. The molecule has 0 aliphatic carbocycles. The van der Waals surface area contributed by atoms with Gasteiger partial charge >= 0.3 is 0 Å². The van der Waals surface area contributed by atoms with E-state index in [0.29, 0.717) is 24.5 Å². The summed E-state index contributed by atoms with van der Waals surface area (Å²) in [6, 6.07) is 4.89. The van der Waals surface area contributed by atoms with Gasteiger partial charge in [-0.3, -0.25) is 14.8 Å². The summed E-state index contributed by atoms with van der Waals surface area (Å²) in [6.07, 6.45) is 0. The molecule has 1 unspecified atom stereocenters. The molecule has 0 bridgehead atoms. The summed E-state index contributed by atoms with van der Waals surface area (Å²) in [6.45, 7) is 6.50. The summed E-state index contributed by atoms with van der Waals surface area (Å²) >= 11 is 0. The van der Waals surface area contributed by atoms with Gasteiger partial charge in [-0.2, -0.15) is 0 Å². The normalized spacial score (nSPS) is 17.8. The third-order valence-corrected chi connectivity index (χ3v) is 3.56. The highest BCUT2D eigenvalue weighted by Gasteiger charge is 2.27. The van der Waals surface area contributed by atoms with Gasteiger partial charge in [0.25, 0.3) is 5.91 Å². The Morgan fingerprint density at radius 1 is 1.43 bits per heavy atom. The lowest BCUT2D eigenvalue weighted by Crippen LogP contribution is -2.41. The van der Waals surface area contributed by atoms with Crippen LogP contribution in [-0.4, -0.2) is 34.6 Å². The molecule has 1 aliphatic rings. The van der Waals surface area contributed by atoms with E-state index in [1.165, 1.54) is 0 Å². The van der Waals surface area contributed by atoms with E-state index < -0.39 is 5.91 Å².